The van der Waals surface area contributed by atoms with Crippen molar-refractivity contribution in [1.29, 1.82) is 0 Å². The van der Waals surface area contributed by atoms with Crippen LogP contribution in [0.5, 0.6) is 0 Å². The molecule has 2 aromatic heterocycles. The minimum absolute atomic E-state index is 0.561. The highest BCUT2D eigenvalue weighted by molar-refractivity contribution is 5.85. The number of hydrogen-bond acceptors (Lipinski definition) is 5. The summed E-state index contributed by atoms with van der Waals surface area (Å²) in [6.45, 7) is 6.19. The monoisotopic (exact) mass is 314 g/mol. The molecule has 6 heteroatoms. The van der Waals surface area contributed by atoms with Gasteiger partial charge in [0.2, 0.25) is 5.95 Å². The van der Waals surface area contributed by atoms with Gasteiger partial charge in [0.15, 0.2) is 17.0 Å². The molecule has 3 atom stereocenters. The predicted octanol–water partition coefficient (Wildman–Crippen LogP) is 2.81. The second-order valence-electron chi connectivity index (χ2n) is 6.96. The fraction of sp³-hybridized carbons (Fsp3) is 0.706. The number of aryl methyl sites for hydroxylation is 1. The van der Waals surface area contributed by atoms with Gasteiger partial charge in [0.1, 0.15) is 6.33 Å². The molecule has 2 aromatic rings. The summed E-state index contributed by atoms with van der Waals surface area (Å²) in [6.07, 6.45) is 7.11. The molecule has 0 aliphatic heterocycles. The molecule has 23 heavy (non-hydrogen) atoms. The summed E-state index contributed by atoms with van der Waals surface area (Å²) < 4.78 is 2.08. The lowest BCUT2D eigenvalue weighted by atomic mass is 9.95. The van der Waals surface area contributed by atoms with E-state index >= 15 is 0 Å². The molecule has 2 heterocycles. The number of hydrogen-bond donors (Lipinski definition) is 1. The van der Waals surface area contributed by atoms with Gasteiger partial charge in [-0.25, -0.2) is 15.0 Å². The van der Waals surface area contributed by atoms with E-state index in [0.29, 0.717) is 6.04 Å². The molecule has 2 aliphatic rings. The van der Waals surface area contributed by atoms with E-state index in [1.165, 1.54) is 25.7 Å². The van der Waals surface area contributed by atoms with Crippen LogP contribution in [-0.2, 0) is 7.05 Å². The van der Waals surface area contributed by atoms with E-state index in [1.54, 1.807) is 6.33 Å². The molecule has 124 valence electrons. The first kappa shape index (κ1) is 14.7. The number of nitrogens with zero attached hydrogens (tertiary/aromatic N) is 5. The summed E-state index contributed by atoms with van der Waals surface area (Å²) in [5, 5.41) is 3.69. The number of fused-ring (bicyclic) bond motifs is 3. The molecular weight excluding hydrogens is 288 g/mol. The Kier molecular flexibility index (Phi) is 3.62. The quantitative estimate of drug-likeness (QED) is 0.919. The van der Waals surface area contributed by atoms with Crippen LogP contribution in [0, 0.1) is 11.8 Å². The van der Waals surface area contributed by atoms with Gasteiger partial charge in [-0.2, -0.15) is 0 Å². The topological polar surface area (TPSA) is 58.9 Å². The van der Waals surface area contributed by atoms with Gasteiger partial charge < -0.3 is 10.2 Å². The molecule has 1 N–H and O–H groups in total. The zero-order valence-electron chi connectivity index (χ0n) is 14.3. The number of rotatable bonds is 5. The van der Waals surface area contributed by atoms with Crippen molar-refractivity contribution in [3.63, 3.8) is 0 Å². The molecule has 0 saturated heterocycles. The molecule has 3 unspecified atom stereocenters. The largest absolute Gasteiger partial charge is 0.365 e. The Hall–Kier alpha value is -1.85. The van der Waals surface area contributed by atoms with Gasteiger partial charge >= 0.3 is 0 Å². The number of anilines is 2. The summed E-state index contributed by atoms with van der Waals surface area (Å²) in [5.41, 5.74) is 1.81. The van der Waals surface area contributed by atoms with Crippen LogP contribution in [0.15, 0.2) is 6.33 Å². The average Bonchev–Trinajstić information content (AvgIpc) is 3.25. The lowest BCUT2D eigenvalue weighted by molar-refractivity contribution is 0.439. The van der Waals surface area contributed by atoms with Gasteiger partial charge in [-0.1, -0.05) is 6.42 Å². The smallest absolute Gasteiger partial charge is 0.207 e. The Bertz CT molecular complexity index is 704. The maximum absolute atomic E-state index is 4.86. The Labute approximate surface area is 137 Å². The summed E-state index contributed by atoms with van der Waals surface area (Å²) in [7, 11) is 2.04. The van der Waals surface area contributed by atoms with Crippen LogP contribution >= 0.6 is 0 Å². The van der Waals surface area contributed by atoms with E-state index in [9.17, 15) is 0 Å². The first-order valence-electron chi connectivity index (χ1n) is 8.90. The van der Waals surface area contributed by atoms with Crippen molar-refractivity contribution in [3.8, 4) is 0 Å². The first-order valence-corrected chi connectivity index (χ1v) is 8.90. The lowest BCUT2D eigenvalue weighted by Crippen LogP contribution is -2.26. The summed E-state index contributed by atoms with van der Waals surface area (Å²) in [4.78, 5) is 16.1. The number of aromatic nitrogens is 4. The first-order chi connectivity index (χ1) is 11.2. The zero-order valence-corrected chi connectivity index (χ0v) is 14.3. The van der Waals surface area contributed by atoms with E-state index in [4.69, 9.17) is 4.98 Å². The third kappa shape index (κ3) is 2.35. The van der Waals surface area contributed by atoms with E-state index in [-0.39, 0.29) is 0 Å². The van der Waals surface area contributed by atoms with Crippen LogP contribution in [0.4, 0.5) is 11.8 Å². The highest BCUT2D eigenvalue weighted by Gasteiger charge is 2.39. The molecule has 0 spiro atoms. The van der Waals surface area contributed by atoms with Crippen molar-refractivity contribution in [3.05, 3.63) is 6.33 Å². The average molecular weight is 314 g/mol. The summed E-state index contributed by atoms with van der Waals surface area (Å²) >= 11 is 0. The van der Waals surface area contributed by atoms with Gasteiger partial charge in [0.25, 0.3) is 0 Å². The molecule has 6 nitrogen and oxygen atoms in total. The standard InChI is InChI=1S/C17H26N6/c1-4-23(5-2)17-21-14-15(18-10-19-16(14)22(17)3)20-13-9-11-6-7-12(13)8-11/h10-13H,4-9H2,1-3H3,(H,18,19,20). The van der Waals surface area contributed by atoms with E-state index in [0.717, 1.165) is 47.9 Å². The normalized spacial score (nSPS) is 26.1. The van der Waals surface area contributed by atoms with Crippen LogP contribution in [0.3, 0.4) is 0 Å². The lowest BCUT2D eigenvalue weighted by Gasteiger charge is -2.23. The Morgan fingerprint density at radius 1 is 1.22 bits per heavy atom. The van der Waals surface area contributed by atoms with Crippen LogP contribution in [-0.4, -0.2) is 38.7 Å². The maximum atomic E-state index is 4.86. The van der Waals surface area contributed by atoms with Crippen molar-refractivity contribution in [2.75, 3.05) is 23.3 Å². The van der Waals surface area contributed by atoms with Gasteiger partial charge in [-0.3, -0.25) is 4.57 Å². The van der Waals surface area contributed by atoms with E-state index < -0.39 is 0 Å². The van der Waals surface area contributed by atoms with E-state index in [1.807, 2.05) is 7.05 Å². The van der Waals surface area contributed by atoms with Gasteiger partial charge in [-0.15, -0.1) is 0 Å². The maximum Gasteiger partial charge on any atom is 0.207 e. The van der Waals surface area contributed by atoms with Crippen molar-refractivity contribution >= 4 is 22.9 Å². The third-order valence-corrected chi connectivity index (χ3v) is 5.74. The van der Waals surface area contributed by atoms with Crippen molar-refractivity contribution < 1.29 is 0 Å². The van der Waals surface area contributed by atoms with Crippen molar-refractivity contribution in [2.24, 2.45) is 18.9 Å². The minimum atomic E-state index is 0.561. The zero-order chi connectivity index (χ0) is 16.0. The molecule has 0 aromatic carbocycles. The molecular formula is C17H26N6. The highest BCUT2D eigenvalue weighted by atomic mass is 15.3. The molecule has 0 amide bonds. The van der Waals surface area contributed by atoms with Gasteiger partial charge in [0.05, 0.1) is 0 Å². The molecule has 2 bridgehead atoms. The Balaban J connectivity index is 1.68. The highest BCUT2D eigenvalue weighted by Crippen LogP contribution is 2.45. The van der Waals surface area contributed by atoms with Gasteiger partial charge in [0, 0.05) is 26.2 Å². The summed E-state index contributed by atoms with van der Waals surface area (Å²) in [6, 6.07) is 0.561. The van der Waals surface area contributed by atoms with E-state index in [2.05, 4.69) is 38.6 Å². The van der Waals surface area contributed by atoms with Crippen molar-refractivity contribution in [2.45, 2.75) is 45.6 Å². The van der Waals surface area contributed by atoms with Crippen LogP contribution in [0.1, 0.15) is 39.5 Å². The molecule has 0 radical (unpaired) electrons. The fourth-order valence-corrected chi connectivity index (χ4v) is 4.48. The minimum Gasteiger partial charge on any atom is -0.365 e. The predicted molar refractivity (Wildman–Crippen MR) is 92.7 cm³/mol. The van der Waals surface area contributed by atoms with Gasteiger partial charge in [-0.05, 0) is 44.9 Å². The molecule has 2 aliphatic carbocycles. The molecule has 2 fully saturated rings. The van der Waals surface area contributed by atoms with Crippen LogP contribution in [0.25, 0.3) is 11.2 Å². The Morgan fingerprint density at radius 2 is 2.04 bits per heavy atom. The van der Waals surface area contributed by atoms with Crippen LogP contribution in [0.2, 0.25) is 0 Å². The third-order valence-electron chi connectivity index (χ3n) is 5.74. The summed E-state index contributed by atoms with van der Waals surface area (Å²) in [5.74, 6) is 3.61. The Morgan fingerprint density at radius 3 is 2.70 bits per heavy atom. The molecule has 4 rings (SSSR count). The number of nitrogens with one attached hydrogen (secondary N) is 1. The fourth-order valence-electron chi connectivity index (χ4n) is 4.48. The second-order valence-corrected chi connectivity index (χ2v) is 6.96. The molecule has 2 saturated carbocycles. The van der Waals surface area contributed by atoms with Crippen molar-refractivity contribution in [1.82, 2.24) is 19.5 Å². The SMILES string of the molecule is CCN(CC)c1nc2c(NC3CC4CCC3C4)ncnc2n1C. The number of imidazole rings is 1. The second kappa shape index (κ2) is 5.65. The van der Waals surface area contributed by atoms with Crippen LogP contribution < -0.4 is 10.2 Å².